The molecule has 11 heteroatoms. The summed E-state index contributed by atoms with van der Waals surface area (Å²) in [6, 6.07) is 14.3. The van der Waals surface area contributed by atoms with Crippen LogP contribution in [0.5, 0.6) is 5.75 Å². The van der Waals surface area contributed by atoms with Gasteiger partial charge in [0, 0.05) is 18.0 Å². The van der Waals surface area contributed by atoms with E-state index < -0.39 is 76.8 Å². The number of imide groups is 2. The van der Waals surface area contributed by atoms with Gasteiger partial charge in [0.15, 0.2) is 0 Å². The number of aliphatic carboxylic acids is 1. The van der Waals surface area contributed by atoms with Crippen molar-refractivity contribution in [2.24, 2.45) is 29.1 Å². The Hall–Kier alpha value is -4.57. The van der Waals surface area contributed by atoms with Gasteiger partial charge in [0.05, 0.1) is 40.3 Å². The zero-order valence-corrected chi connectivity index (χ0v) is 24.8. The fourth-order valence-electron chi connectivity index (χ4n) is 8.27. The van der Waals surface area contributed by atoms with E-state index in [1.807, 2.05) is 30.3 Å². The SMILES string of the molecule is C[C@@]12C(=O)N(c3ccc(F)c(Cl)c3)C(=O)[C@@H]1C[C@@H]1C(=CC[C@@H]3C(=O)N(CCC(=O)O)C(=O)[C@@H]31)[C@@H]2c1c(O)ccc2ccccc12. The first-order chi connectivity index (χ1) is 21.4. The fraction of sp³-hybridized carbons (Fsp3) is 0.324. The predicted molar refractivity (Wildman–Crippen MR) is 161 cm³/mol. The molecule has 45 heavy (non-hydrogen) atoms. The number of aromatic hydroxyl groups is 1. The lowest BCUT2D eigenvalue weighted by Gasteiger charge is -2.49. The number of carbonyl (C=O) groups excluding carboxylic acids is 4. The summed E-state index contributed by atoms with van der Waals surface area (Å²) in [5, 5.41) is 21.9. The number of hydrogen-bond acceptors (Lipinski definition) is 6. The highest BCUT2D eigenvalue weighted by atomic mass is 35.5. The number of benzene rings is 3. The standard InChI is InChI=1S/C34H28ClFN2O7/c1-34-22(31(43)38(33(34)45)17-7-10-24(36)23(35)14-17)15-21-19(29(34)28-18-5-3-2-4-16(18)6-11-25(28)39)8-9-20-27(21)32(44)37(30(20)42)13-12-26(40)41/h2-8,10-11,14,20-22,27,29,39H,9,12-13,15H2,1H3,(H,40,41)/t20-,21+,22-,27-,29+,34+/m0/s1. The van der Waals surface area contributed by atoms with Crippen LogP contribution in [0.15, 0.2) is 66.2 Å². The molecule has 0 bridgehead atoms. The lowest BCUT2D eigenvalue weighted by molar-refractivity contribution is -0.142. The van der Waals surface area contributed by atoms with Crippen molar-refractivity contribution >= 4 is 57.7 Å². The molecule has 0 aromatic heterocycles. The van der Waals surface area contributed by atoms with Crippen molar-refractivity contribution in [2.75, 3.05) is 11.4 Å². The number of carbonyl (C=O) groups is 5. The van der Waals surface area contributed by atoms with E-state index in [0.29, 0.717) is 16.5 Å². The number of phenolic OH excluding ortho intramolecular Hbond substituents is 1. The Labute approximate surface area is 261 Å². The summed E-state index contributed by atoms with van der Waals surface area (Å²) in [4.78, 5) is 69.4. The maximum absolute atomic E-state index is 14.6. The van der Waals surface area contributed by atoms with Crippen LogP contribution in [0.25, 0.3) is 10.8 Å². The normalized spacial score (nSPS) is 29.1. The summed E-state index contributed by atoms with van der Waals surface area (Å²) in [6.07, 6.45) is 1.73. The van der Waals surface area contributed by atoms with Gasteiger partial charge in [-0.2, -0.15) is 0 Å². The molecule has 7 rings (SSSR count). The van der Waals surface area contributed by atoms with Crippen LogP contribution in [-0.2, 0) is 24.0 Å². The van der Waals surface area contributed by atoms with E-state index in [-0.39, 0.29) is 35.8 Å². The van der Waals surface area contributed by atoms with Gasteiger partial charge in [-0.15, -0.1) is 0 Å². The van der Waals surface area contributed by atoms with Crippen molar-refractivity contribution in [3.05, 3.63) is 82.6 Å². The third kappa shape index (κ3) is 4.08. The van der Waals surface area contributed by atoms with Gasteiger partial charge in [0.25, 0.3) is 0 Å². The summed E-state index contributed by atoms with van der Waals surface area (Å²) in [5.74, 6) is -8.00. The first-order valence-corrected chi connectivity index (χ1v) is 15.1. The average molecular weight is 631 g/mol. The number of phenols is 1. The molecule has 4 aliphatic rings. The number of allylic oxidation sites excluding steroid dienone is 2. The molecule has 2 heterocycles. The van der Waals surface area contributed by atoms with E-state index in [1.54, 1.807) is 19.1 Å². The van der Waals surface area contributed by atoms with Gasteiger partial charge in [0.1, 0.15) is 11.6 Å². The third-order valence-electron chi connectivity index (χ3n) is 10.3. The van der Waals surface area contributed by atoms with Crippen LogP contribution in [0, 0.1) is 34.9 Å². The van der Waals surface area contributed by atoms with Crippen LogP contribution in [-0.4, -0.2) is 51.3 Å². The van der Waals surface area contributed by atoms with Crippen molar-refractivity contribution in [1.29, 1.82) is 0 Å². The molecular weight excluding hydrogens is 603 g/mol. The number of nitrogens with zero attached hydrogens (tertiary/aromatic N) is 2. The van der Waals surface area contributed by atoms with E-state index in [4.69, 9.17) is 11.6 Å². The molecular formula is C34H28ClFN2O7. The number of likely N-dealkylation sites (tertiary alicyclic amines) is 1. The second-order valence-electron chi connectivity index (χ2n) is 12.5. The van der Waals surface area contributed by atoms with Crippen LogP contribution >= 0.6 is 11.6 Å². The van der Waals surface area contributed by atoms with Crippen molar-refractivity contribution in [2.45, 2.75) is 32.1 Å². The zero-order chi connectivity index (χ0) is 31.9. The van der Waals surface area contributed by atoms with Crippen LogP contribution in [0.3, 0.4) is 0 Å². The monoisotopic (exact) mass is 630 g/mol. The fourth-order valence-corrected chi connectivity index (χ4v) is 8.45. The third-order valence-corrected chi connectivity index (χ3v) is 10.6. The van der Waals surface area contributed by atoms with Gasteiger partial charge in [-0.25, -0.2) is 9.29 Å². The highest BCUT2D eigenvalue weighted by Gasteiger charge is 2.68. The quantitative estimate of drug-likeness (QED) is 0.298. The Bertz CT molecular complexity index is 1890. The van der Waals surface area contributed by atoms with E-state index >= 15 is 0 Å². The molecule has 2 aliphatic heterocycles. The number of fused-ring (bicyclic) bond motifs is 5. The van der Waals surface area contributed by atoms with Crippen molar-refractivity contribution in [3.8, 4) is 5.75 Å². The summed E-state index contributed by atoms with van der Waals surface area (Å²) in [6.45, 7) is 1.44. The second kappa shape index (κ2) is 10.2. The van der Waals surface area contributed by atoms with Gasteiger partial charge in [0.2, 0.25) is 23.6 Å². The zero-order valence-electron chi connectivity index (χ0n) is 24.1. The van der Waals surface area contributed by atoms with Gasteiger partial charge >= 0.3 is 5.97 Å². The number of carboxylic acid groups (broad SMARTS) is 1. The first kappa shape index (κ1) is 29.2. The van der Waals surface area contributed by atoms with Crippen LogP contribution < -0.4 is 4.90 Å². The molecule has 0 unspecified atom stereocenters. The molecule has 3 aromatic carbocycles. The van der Waals surface area contributed by atoms with E-state index in [1.165, 1.54) is 12.1 Å². The first-order valence-electron chi connectivity index (χ1n) is 14.8. The number of carboxylic acids is 1. The Morgan fingerprint density at radius 1 is 1.02 bits per heavy atom. The van der Waals surface area contributed by atoms with Gasteiger partial charge in [-0.05, 0) is 60.7 Å². The van der Waals surface area contributed by atoms with Crippen LogP contribution in [0.1, 0.15) is 37.7 Å². The maximum Gasteiger partial charge on any atom is 0.305 e. The maximum atomic E-state index is 14.6. The molecule has 6 atom stereocenters. The molecule has 0 spiro atoms. The minimum absolute atomic E-state index is 0.0767. The smallest absolute Gasteiger partial charge is 0.305 e. The molecule has 230 valence electrons. The molecule has 2 N–H and O–H groups in total. The number of amides is 4. The van der Waals surface area contributed by atoms with E-state index in [2.05, 4.69) is 0 Å². The minimum atomic E-state index is -1.43. The average Bonchev–Trinajstić information content (AvgIpc) is 3.37. The molecule has 2 saturated heterocycles. The van der Waals surface area contributed by atoms with E-state index in [0.717, 1.165) is 21.3 Å². The Kier molecular flexibility index (Phi) is 6.63. The molecule has 4 amide bonds. The molecule has 0 radical (unpaired) electrons. The Morgan fingerprint density at radius 3 is 2.51 bits per heavy atom. The summed E-state index contributed by atoms with van der Waals surface area (Å²) in [7, 11) is 0. The van der Waals surface area contributed by atoms with Crippen molar-refractivity contribution < 1.29 is 38.6 Å². The molecule has 2 aliphatic carbocycles. The van der Waals surface area contributed by atoms with Gasteiger partial charge < -0.3 is 10.2 Å². The van der Waals surface area contributed by atoms with Crippen molar-refractivity contribution in [1.82, 2.24) is 4.90 Å². The van der Waals surface area contributed by atoms with Gasteiger partial charge in [-0.1, -0.05) is 53.6 Å². The largest absolute Gasteiger partial charge is 0.508 e. The second-order valence-corrected chi connectivity index (χ2v) is 12.9. The highest BCUT2D eigenvalue weighted by Crippen LogP contribution is 2.65. The number of anilines is 1. The summed E-state index contributed by atoms with van der Waals surface area (Å²) >= 11 is 6.06. The van der Waals surface area contributed by atoms with E-state index in [9.17, 15) is 38.6 Å². The number of halogens is 2. The van der Waals surface area contributed by atoms with Crippen molar-refractivity contribution in [3.63, 3.8) is 0 Å². The molecule has 3 aromatic rings. The van der Waals surface area contributed by atoms with Crippen LogP contribution in [0.4, 0.5) is 10.1 Å². The summed E-state index contributed by atoms with van der Waals surface area (Å²) < 4.78 is 14.1. The topological polar surface area (TPSA) is 132 Å². The predicted octanol–water partition coefficient (Wildman–Crippen LogP) is 5.04. The van der Waals surface area contributed by atoms with Crippen LogP contribution in [0.2, 0.25) is 5.02 Å². The Morgan fingerprint density at radius 2 is 1.78 bits per heavy atom. The summed E-state index contributed by atoms with van der Waals surface area (Å²) in [5.41, 5.74) is -0.198. The lowest BCUT2D eigenvalue weighted by atomic mass is 9.51. The highest BCUT2D eigenvalue weighted by molar-refractivity contribution is 6.31. The number of rotatable bonds is 5. The molecule has 3 fully saturated rings. The number of hydrogen-bond donors (Lipinski definition) is 2. The van der Waals surface area contributed by atoms with Gasteiger partial charge in [-0.3, -0.25) is 28.9 Å². The molecule has 9 nitrogen and oxygen atoms in total. The lowest BCUT2D eigenvalue weighted by Crippen LogP contribution is -2.49. The Balaban J connectivity index is 1.42. The molecule has 1 saturated carbocycles. The minimum Gasteiger partial charge on any atom is -0.508 e.